The van der Waals surface area contributed by atoms with E-state index in [9.17, 15) is 50.9 Å². The number of ketones is 1. The number of carboxylic acid groups (broad SMARTS) is 2. The number of carbonyl (C=O) groups excluding carboxylic acids is 1. The standard InChI is InChI=1S/C15H17F3O4.C9H7F3O3.C6H10O.C4H8O/c16-15(17,18)22-11-6-4-5-10(9-11)12(13(19)20)14(21)7-2-1-3-8-14;10-9(11,12)15-7-3-1-2-6(4-7)5-8(13)14;7-6-4-2-1-3-5-6;1-2-4-5-3-1/h4-6,9,12,21H,1-3,7-8H2,(H,19,20);1-4H,5H2,(H,13,14);1-5H2;1-4H2. The maximum absolute atomic E-state index is 12.3. The fourth-order valence-corrected chi connectivity index (χ4v) is 5.51. The molecule has 15 heteroatoms. The van der Waals surface area contributed by atoms with Gasteiger partial charge in [0.15, 0.2) is 0 Å². The molecule has 3 fully saturated rings. The fourth-order valence-electron chi connectivity index (χ4n) is 5.51. The lowest BCUT2D eigenvalue weighted by atomic mass is 9.73. The number of carbonyl (C=O) groups is 3. The van der Waals surface area contributed by atoms with E-state index >= 15 is 0 Å². The molecule has 0 bridgehead atoms. The molecule has 2 aromatic rings. The highest BCUT2D eigenvalue weighted by Crippen LogP contribution is 2.41. The number of rotatable bonds is 7. The lowest BCUT2D eigenvalue weighted by molar-refractivity contribution is -0.275. The minimum absolute atomic E-state index is 0.110. The van der Waals surface area contributed by atoms with Gasteiger partial charge in [-0.25, -0.2) is 0 Å². The Kier molecular flexibility index (Phi) is 16.8. The van der Waals surface area contributed by atoms with Gasteiger partial charge in [-0.3, -0.25) is 14.4 Å². The Bertz CT molecular complexity index is 1300. The molecule has 1 heterocycles. The van der Waals surface area contributed by atoms with E-state index in [4.69, 9.17) is 9.84 Å². The number of halogens is 6. The summed E-state index contributed by atoms with van der Waals surface area (Å²) in [7, 11) is 0. The molecule has 3 aliphatic rings. The van der Waals surface area contributed by atoms with Crippen molar-refractivity contribution in [2.45, 2.75) is 108 Å². The molecule has 2 aromatic carbocycles. The summed E-state index contributed by atoms with van der Waals surface area (Å²) in [5.41, 5.74) is -1.08. The molecular weight excluding hydrogens is 666 g/mol. The number of benzene rings is 2. The molecule has 5 rings (SSSR count). The first kappa shape index (κ1) is 41.3. The van der Waals surface area contributed by atoms with Crippen molar-refractivity contribution in [3.05, 3.63) is 59.7 Å². The summed E-state index contributed by atoms with van der Waals surface area (Å²) in [5, 5.41) is 28.5. The van der Waals surface area contributed by atoms with Crippen LogP contribution in [0, 0.1) is 0 Å². The van der Waals surface area contributed by atoms with Gasteiger partial charge >= 0.3 is 24.7 Å². The third-order valence-corrected chi connectivity index (χ3v) is 7.65. The van der Waals surface area contributed by atoms with Crippen molar-refractivity contribution >= 4 is 17.7 Å². The second-order valence-electron chi connectivity index (χ2n) is 11.7. The second kappa shape index (κ2) is 20.0. The van der Waals surface area contributed by atoms with Crippen molar-refractivity contribution in [2.75, 3.05) is 13.2 Å². The number of Topliss-reactive ketones (excluding diaryl/α,β-unsaturated/α-hetero) is 1. The molecule has 3 N–H and O–H groups in total. The van der Waals surface area contributed by atoms with Crippen LogP contribution >= 0.6 is 0 Å². The minimum Gasteiger partial charge on any atom is -0.481 e. The van der Waals surface area contributed by atoms with Gasteiger partial charge in [0.05, 0.1) is 12.0 Å². The number of aliphatic hydroxyl groups is 1. The lowest BCUT2D eigenvalue weighted by Crippen LogP contribution is -2.42. The van der Waals surface area contributed by atoms with Gasteiger partial charge in [-0.1, -0.05) is 49.9 Å². The third kappa shape index (κ3) is 17.4. The molecule has 1 atom stereocenters. The zero-order valence-corrected chi connectivity index (χ0v) is 26.9. The smallest absolute Gasteiger partial charge is 0.481 e. The number of carboxylic acids is 2. The molecule has 9 nitrogen and oxygen atoms in total. The van der Waals surface area contributed by atoms with Crippen molar-refractivity contribution in [3.63, 3.8) is 0 Å². The molecule has 2 saturated carbocycles. The zero-order chi connectivity index (χ0) is 36.5. The summed E-state index contributed by atoms with van der Waals surface area (Å²) in [6, 6.07) is 9.68. The van der Waals surface area contributed by atoms with Gasteiger partial charge in [-0.05, 0) is 73.9 Å². The maximum Gasteiger partial charge on any atom is 0.573 e. The molecule has 49 heavy (non-hydrogen) atoms. The number of hydrogen-bond acceptors (Lipinski definition) is 7. The molecule has 0 radical (unpaired) electrons. The lowest BCUT2D eigenvalue weighted by Gasteiger charge is -2.37. The van der Waals surface area contributed by atoms with E-state index in [2.05, 4.69) is 9.47 Å². The van der Waals surface area contributed by atoms with Crippen molar-refractivity contribution in [3.8, 4) is 11.5 Å². The summed E-state index contributed by atoms with van der Waals surface area (Å²) in [6.45, 7) is 2.00. The van der Waals surface area contributed by atoms with Gasteiger partial charge in [0.1, 0.15) is 23.2 Å². The number of aliphatic carboxylic acids is 2. The molecular formula is C34H42F6O9. The number of hydrogen-bond donors (Lipinski definition) is 3. The first-order valence-corrected chi connectivity index (χ1v) is 15.9. The minimum atomic E-state index is -4.85. The molecule has 1 saturated heterocycles. The molecule has 0 amide bonds. The molecule has 274 valence electrons. The van der Waals surface area contributed by atoms with Crippen LogP contribution in [0.5, 0.6) is 11.5 Å². The first-order chi connectivity index (χ1) is 23.0. The maximum atomic E-state index is 12.3. The van der Waals surface area contributed by atoms with Crippen LogP contribution in [0.15, 0.2) is 48.5 Å². The van der Waals surface area contributed by atoms with Gasteiger partial charge in [0.25, 0.3) is 0 Å². The summed E-state index contributed by atoms with van der Waals surface area (Å²) >= 11 is 0. The van der Waals surface area contributed by atoms with E-state index in [1.807, 2.05) is 0 Å². The highest BCUT2D eigenvalue weighted by atomic mass is 19.4. The van der Waals surface area contributed by atoms with Gasteiger partial charge in [0.2, 0.25) is 0 Å². The quantitative estimate of drug-likeness (QED) is 0.244. The summed E-state index contributed by atoms with van der Waals surface area (Å²) in [6.07, 6.45) is 0.770. The predicted molar refractivity (Wildman–Crippen MR) is 164 cm³/mol. The Labute approximate surface area is 280 Å². The summed E-state index contributed by atoms with van der Waals surface area (Å²) in [4.78, 5) is 32.3. The Balaban J connectivity index is 0.000000262. The third-order valence-electron chi connectivity index (χ3n) is 7.65. The molecule has 0 spiro atoms. The summed E-state index contributed by atoms with van der Waals surface area (Å²) < 4.78 is 84.6. The molecule has 2 aliphatic carbocycles. The van der Waals surface area contributed by atoms with Crippen LogP contribution in [-0.4, -0.2) is 64.6 Å². The average Bonchev–Trinajstić information content (AvgIpc) is 3.57. The highest BCUT2D eigenvalue weighted by molar-refractivity contribution is 5.79. The van der Waals surface area contributed by atoms with E-state index in [1.54, 1.807) is 0 Å². The van der Waals surface area contributed by atoms with Crippen LogP contribution in [-0.2, 0) is 25.5 Å². The Morgan fingerprint density at radius 3 is 1.69 bits per heavy atom. The SMILES string of the molecule is C1CCOC1.O=C(O)C(c1cccc(OC(F)(F)F)c1)C1(O)CCCCC1.O=C(O)Cc1cccc(OC(F)(F)F)c1.O=C1CCCCC1. The molecule has 1 aliphatic heterocycles. The number of alkyl halides is 6. The van der Waals surface area contributed by atoms with Crippen LogP contribution < -0.4 is 9.47 Å². The monoisotopic (exact) mass is 708 g/mol. The topological polar surface area (TPSA) is 140 Å². The van der Waals surface area contributed by atoms with E-state index in [1.165, 1.54) is 43.5 Å². The fraction of sp³-hybridized carbons (Fsp3) is 0.559. The van der Waals surface area contributed by atoms with Crippen LogP contribution in [0.4, 0.5) is 26.3 Å². The average molecular weight is 709 g/mol. The van der Waals surface area contributed by atoms with Crippen LogP contribution in [0.1, 0.15) is 94.1 Å². The Morgan fingerprint density at radius 2 is 1.27 bits per heavy atom. The summed E-state index contributed by atoms with van der Waals surface area (Å²) in [5.74, 6) is -4.08. The van der Waals surface area contributed by atoms with Crippen LogP contribution in [0.2, 0.25) is 0 Å². The second-order valence-corrected chi connectivity index (χ2v) is 11.7. The van der Waals surface area contributed by atoms with Gasteiger partial charge in [-0.2, -0.15) is 0 Å². The van der Waals surface area contributed by atoms with Gasteiger partial charge in [0, 0.05) is 26.1 Å². The largest absolute Gasteiger partial charge is 0.573 e. The Morgan fingerprint density at radius 1 is 0.755 bits per heavy atom. The van der Waals surface area contributed by atoms with Crippen molar-refractivity contribution < 1.29 is 70.3 Å². The van der Waals surface area contributed by atoms with E-state index < -0.39 is 47.7 Å². The van der Waals surface area contributed by atoms with Gasteiger partial charge in [-0.15, -0.1) is 26.3 Å². The predicted octanol–water partition coefficient (Wildman–Crippen LogP) is 7.98. The van der Waals surface area contributed by atoms with E-state index in [-0.39, 0.29) is 17.5 Å². The van der Waals surface area contributed by atoms with E-state index in [0.717, 1.165) is 69.6 Å². The molecule has 1 unspecified atom stereocenters. The number of ether oxygens (including phenoxy) is 3. The van der Waals surface area contributed by atoms with Gasteiger partial charge < -0.3 is 29.5 Å². The van der Waals surface area contributed by atoms with Crippen molar-refractivity contribution in [1.82, 2.24) is 0 Å². The zero-order valence-electron chi connectivity index (χ0n) is 26.9. The van der Waals surface area contributed by atoms with Crippen molar-refractivity contribution in [2.24, 2.45) is 0 Å². The van der Waals surface area contributed by atoms with Crippen LogP contribution in [0.3, 0.4) is 0 Å². The Hall–Kier alpha value is -3.85. The highest BCUT2D eigenvalue weighted by Gasteiger charge is 2.43. The van der Waals surface area contributed by atoms with Crippen LogP contribution in [0.25, 0.3) is 0 Å². The molecule has 0 aromatic heterocycles. The first-order valence-electron chi connectivity index (χ1n) is 15.9. The van der Waals surface area contributed by atoms with E-state index in [0.29, 0.717) is 31.5 Å². The van der Waals surface area contributed by atoms with Crippen molar-refractivity contribution in [1.29, 1.82) is 0 Å². The normalized spacial score (nSPS) is 17.8.